The molecule has 10 nitrogen and oxygen atoms in total. The molecule has 11 heteroatoms. The number of aryl methyl sites for hydroxylation is 1. The van der Waals surface area contributed by atoms with Gasteiger partial charge >= 0.3 is 5.97 Å². The predicted molar refractivity (Wildman–Crippen MR) is 164 cm³/mol. The van der Waals surface area contributed by atoms with E-state index in [1.807, 2.05) is 30.3 Å². The molecular weight excluding hydrogens is 570 g/mol. The van der Waals surface area contributed by atoms with Crippen molar-refractivity contribution < 1.29 is 24.1 Å². The van der Waals surface area contributed by atoms with Gasteiger partial charge in [-0.15, -0.1) is 0 Å². The Morgan fingerprint density at radius 3 is 2.60 bits per heavy atom. The summed E-state index contributed by atoms with van der Waals surface area (Å²) in [5, 5.41) is 11.0. The van der Waals surface area contributed by atoms with Gasteiger partial charge in [0.1, 0.15) is 18.2 Å². The average molecular weight is 608 g/mol. The number of nitrogens with two attached hydrogens (primary N) is 1. The van der Waals surface area contributed by atoms with Crippen LogP contribution < -0.4 is 15.4 Å². The molecule has 2 aromatic carbocycles. The summed E-state index contributed by atoms with van der Waals surface area (Å²) in [7, 11) is 0. The van der Waals surface area contributed by atoms with Crippen molar-refractivity contribution >= 4 is 29.3 Å². The number of fused-ring (bicyclic) bond motifs is 3. The summed E-state index contributed by atoms with van der Waals surface area (Å²) in [6, 6.07) is 13.8. The molecule has 2 fully saturated rings. The number of hydrogen-bond donors (Lipinski definition) is 2. The molecule has 0 bridgehead atoms. The van der Waals surface area contributed by atoms with Gasteiger partial charge in [0, 0.05) is 61.7 Å². The molecule has 43 heavy (non-hydrogen) atoms. The van der Waals surface area contributed by atoms with Gasteiger partial charge in [-0.2, -0.15) is 4.98 Å². The number of aromatic nitrogens is 2. The fourth-order valence-corrected chi connectivity index (χ4v) is 6.21. The number of aliphatic hydroxyl groups is 1. The average Bonchev–Trinajstić information content (AvgIpc) is 2.99. The van der Waals surface area contributed by atoms with Gasteiger partial charge in [0.15, 0.2) is 5.60 Å². The molecule has 2 aliphatic carbocycles. The van der Waals surface area contributed by atoms with Gasteiger partial charge in [-0.25, -0.2) is 9.78 Å². The zero-order valence-electron chi connectivity index (χ0n) is 24.4. The van der Waals surface area contributed by atoms with E-state index in [0.717, 1.165) is 79.5 Å². The summed E-state index contributed by atoms with van der Waals surface area (Å²) >= 11 is 6.00. The molecule has 228 valence electrons. The smallest absolute Gasteiger partial charge is 0.338 e. The van der Waals surface area contributed by atoms with Crippen molar-refractivity contribution in [3.63, 3.8) is 0 Å². The highest BCUT2D eigenvalue weighted by molar-refractivity contribution is 6.30. The molecule has 6 rings (SSSR count). The van der Waals surface area contributed by atoms with Crippen LogP contribution in [0.25, 0.3) is 11.3 Å². The molecule has 1 aromatic heterocycles. The van der Waals surface area contributed by atoms with Crippen LogP contribution >= 0.6 is 11.6 Å². The monoisotopic (exact) mass is 607 g/mol. The van der Waals surface area contributed by atoms with E-state index in [4.69, 9.17) is 36.5 Å². The van der Waals surface area contributed by atoms with Gasteiger partial charge in [-0.1, -0.05) is 23.7 Å². The lowest BCUT2D eigenvalue weighted by Gasteiger charge is -2.41. The molecule has 3 aromatic rings. The Morgan fingerprint density at radius 1 is 1.09 bits per heavy atom. The van der Waals surface area contributed by atoms with Gasteiger partial charge in [0.25, 0.3) is 0 Å². The summed E-state index contributed by atoms with van der Waals surface area (Å²) in [6.07, 6.45) is 2.19. The Kier molecular flexibility index (Phi) is 8.72. The fourth-order valence-electron chi connectivity index (χ4n) is 6.08. The number of benzene rings is 2. The van der Waals surface area contributed by atoms with Gasteiger partial charge in [0.05, 0.1) is 25.0 Å². The number of carbonyl (C=O) groups is 1. The van der Waals surface area contributed by atoms with Gasteiger partial charge in [0.2, 0.25) is 5.95 Å². The maximum Gasteiger partial charge on any atom is 0.338 e. The number of nitrogens with zero attached hydrogens (tertiary/aromatic N) is 4. The molecule has 0 atom stereocenters. The van der Waals surface area contributed by atoms with Crippen LogP contribution in [0.3, 0.4) is 0 Å². The lowest BCUT2D eigenvalue weighted by molar-refractivity contribution is -0.193. The van der Waals surface area contributed by atoms with Gasteiger partial charge in [-0.05, 0) is 61.2 Å². The van der Waals surface area contributed by atoms with E-state index in [1.165, 1.54) is 5.56 Å². The SMILES string of the molecule is CCOC(=O)[C@]1(O)C[C@@H](OCCN2CCN(c3nc(N)nc4c3CCc3cc(OCc5ccc(Cl)cc5)ccc3-4)CC2)C1. The van der Waals surface area contributed by atoms with Crippen LogP contribution in [0.2, 0.25) is 5.02 Å². The molecule has 0 radical (unpaired) electrons. The topological polar surface area (TPSA) is 123 Å². The van der Waals surface area contributed by atoms with Crippen molar-refractivity contribution in [2.24, 2.45) is 0 Å². The molecule has 0 amide bonds. The van der Waals surface area contributed by atoms with Crippen molar-refractivity contribution in [2.45, 2.75) is 50.9 Å². The first-order valence-corrected chi connectivity index (χ1v) is 15.3. The third-order valence-corrected chi connectivity index (χ3v) is 8.77. The van der Waals surface area contributed by atoms with E-state index in [0.29, 0.717) is 31.1 Å². The Morgan fingerprint density at radius 2 is 1.86 bits per heavy atom. The van der Waals surface area contributed by atoms with Crippen LogP contribution in [0, 0.1) is 0 Å². The Balaban J connectivity index is 1.03. The molecule has 2 heterocycles. The van der Waals surface area contributed by atoms with Crippen molar-refractivity contribution in [3.8, 4) is 17.0 Å². The van der Waals surface area contributed by atoms with Crippen LogP contribution in [0.15, 0.2) is 42.5 Å². The van der Waals surface area contributed by atoms with Crippen LogP contribution in [0.1, 0.15) is 36.5 Å². The summed E-state index contributed by atoms with van der Waals surface area (Å²) < 4.78 is 16.9. The van der Waals surface area contributed by atoms with Crippen LogP contribution in [-0.2, 0) is 33.7 Å². The number of ether oxygens (including phenoxy) is 3. The second kappa shape index (κ2) is 12.7. The third kappa shape index (κ3) is 6.57. The molecule has 0 spiro atoms. The number of hydrogen-bond acceptors (Lipinski definition) is 10. The summed E-state index contributed by atoms with van der Waals surface area (Å²) in [5.74, 6) is 1.49. The number of carbonyl (C=O) groups excluding carboxylic acids is 1. The van der Waals surface area contributed by atoms with Crippen molar-refractivity contribution in [1.82, 2.24) is 14.9 Å². The van der Waals surface area contributed by atoms with Crippen molar-refractivity contribution in [3.05, 3.63) is 64.2 Å². The summed E-state index contributed by atoms with van der Waals surface area (Å²) in [4.78, 5) is 25.9. The quantitative estimate of drug-likeness (QED) is 0.330. The van der Waals surface area contributed by atoms with Crippen LogP contribution in [0.5, 0.6) is 5.75 Å². The number of anilines is 2. The fraction of sp³-hybridized carbons (Fsp3) is 0.469. The Hall–Kier alpha value is -3.44. The number of esters is 1. The highest BCUT2D eigenvalue weighted by atomic mass is 35.5. The first-order chi connectivity index (χ1) is 20.8. The second-order valence-corrected chi connectivity index (χ2v) is 11.9. The van der Waals surface area contributed by atoms with E-state index in [1.54, 1.807) is 6.92 Å². The van der Waals surface area contributed by atoms with Gasteiger partial charge < -0.3 is 30.0 Å². The molecule has 1 saturated carbocycles. The number of nitrogen functional groups attached to an aromatic ring is 1. The Bertz CT molecular complexity index is 1460. The van der Waals surface area contributed by atoms with Crippen LogP contribution in [0.4, 0.5) is 11.8 Å². The van der Waals surface area contributed by atoms with Crippen LogP contribution in [-0.4, -0.2) is 83.6 Å². The molecule has 1 aliphatic heterocycles. The largest absolute Gasteiger partial charge is 0.489 e. The zero-order chi connectivity index (χ0) is 30.0. The first-order valence-electron chi connectivity index (χ1n) is 15.0. The second-order valence-electron chi connectivity index (χ2n) is 11.4. The van der Waals surface area contributed by atoms with Gasteiger partial charge in [-0.3, -0.25) is 4.90 Å². The lowest BCUT2D eigenvalue weighted by Crippen LogP contribution is -2.55. The Labute approximate surface area is 256 Å². The van der Waals surface area contributed by atoms with E-state index in [-0.39, 0.29) is 18.7 Å². The van der Waals surface area contributed by atoms with E-state index in [2.05, 4.69) is 26.9 Å². The van der Waals surface area contributed by atoms with Crippen molar-refractivity contribution in [1.29, 1.82) is 0 Å². The zero-order valence-corrected chi connectivity index (χ0v) is 25.2. The standard InChI is InChI=1S/C32H38ClN5O5/c1-2-41-30(39)32(40)18-25(19-32)42-16-15-37-11-13-38(14-12-37)29-27-9-5-22-17-24(43-20-21-3-6-23(33)7-4-21)8-10-26(22)28(27)35-31(34)36-29/h3-4,6-8,10,17,25,40H,2,5,9,11-16,18-20H2,1H3,(H2,34,35,36)/t25-,32+. The lowest BCUT2D eigenvalue weighted by atomic mass is 9.77. The summed E-state index contributed by atoms with van der Waals surface area (Å²) in [5.41, 5.74) is 10.2. The highest BCUT2D eigenvalue weighted by Crippen LogP contribution is 2.39. The summed E-state index contributed by atoms with van der Waals surface area (Å²) in [6.45, 7) is 7.25. The highest BCUT2D eigenvalue weighted by Gasteiger charge is 2.50. The third-order valence-electron chi connectivity index (χ3n) is 8.52. The maximum atomic E-state index is 11.9. The van der Waals surface area contributed by atoms with E-state index < -0.39 is 11.6 Å². The normalized spacial score (nSPS) is 21.5. The molecule has 3 N–H and O–H groups in total. The molecule has 0 unspecified atom stereocenters. The van der Waals surface area contributed by atoms with Crippen molar-refractivity contribution in [2.75, 3.05) is 56.6 Å². The maximum absolute atomic E-state index is 11.9. The van der Waals surface area contributed by atoms with E-state index in [9.17, 15) is 9.90 Å². The molecule has 1 saturated heterocycles. The first kappa shape index (κ1) is 29.6. The molecular formula is C32H38ClN5O5. The predicted octanol–water partition coefficient (Wildman–Crippen LogP) is 3.65. The number of piperazine rings is 1. The van der Waals surface area contributed by atoms with E-state index >= 15 is 0 Å². The number of rotatable bonds is 10. The molecule has 3 aliphatic rings. The minimum absolute atomic E-state index is 0.111. The number of halogens is 1. The minimum Gasteiger partial charge on any atom is -0.489 e. The minimum atomic E-state index is -1.39.